The van der Waals surface area contributed by atoms with Crippen molar-refractivity contribution in [3.63, 3.8) is 0 Å². The summed E-state index contributed by atoms with van der Waals surface area (Å²) in [5, 5.41) is 9.50. The molecular formula is C22H19BrFNO3. The second-order valence-corrected chi connectivity index (χ2v) is 7.72. The van der Waals surface area contributed by atoms with E-state index in [-0.39, 0.29) is 23.0 Å². The van der Waals surface area contributed by atoms with Gasteiger partial charge in [0, 0.05) is 5.56 Å². The van der Waals surface area contributed by atoms with Crippen molar-refractivity contribution in [2.75, 3.05) is 0 Å². The van der Waals surface area contributed by atoms with Gasteiger partial charge in [0.15, 0.2) is 11.6 Å². The first-order valence-electron chi connectivity index (χ1n) is 8.78. The van der Waals surface area contributed by atoms with E-state index in [1.807, 2.05) is 32.1 Å². The van der Waals surface area contributed by atoms with Crippen LogP contribution in [0.4, 0.5) is 4.39 Å². The topological polar surface area (TPSA) is 59.3 Å². The largest absolute Gasteiger partial charge is 0.454 e. The molecule has 1 aliphatic rings. The molecule has 4 nitrogen and oxygen atoms in total. The van der Waals surface area contributed by atoms with Gasteiger partial charge < -0.3 is 9.47 Å². The third-order valence-corrected chi connectivity index (χ3v) is 5.33. The molecule has 2 unspecified atom stereocenters. The lowest BCUT2D eigenvalue weighted by atomic mass is 10.1. The van der Waals surface area contributed by atoms with Gasteiger partial charge in [0.05, 0.1) is 5.92 Å². The summed E-state index contributed by atoms with van der Waals surface area (Å²) in [6, 6.07) is 14.7. The van der Waals surface area contributed by atoms with Gasteiger partial charge in [-0.05, 0) is 40.6 Å². The van der Waals surface area contributed by atoms with Crippen LogP contribution in [0, 0.1) is 34.4 Å². The molecule has 28 heavy (non-hydrogen) atoms. The monoisotopic (exact) mass is 443 g/mol. The molecule has 0 N–H and O–H groups in total. The second-order valence-electron chi connectivity index (χ2n) is 7.19. The van der Waals surface area contributed by atoms with Gasteiger partial charge in [-0.2, -0.15) is 5.26 Å². The average Bonchev–Trinajstić information content (AvgIpc) is 3.23. The van der Waals surface area contributed by atoms with E-state index in [9.17, 15) is 14.4 Å². The second kappa shape index (κ2) is 8.15. The summed E-state index contributed by atoms with van der Waals surface area (Å²) in [4.78, 5) is 14.3. The van der Waals surface area contributed by atoms with Crippen LogP contribution in [0.5, 0.6) is 11.5 Å². The zero-order chi connectivity index (χ0) is 20.3. The van der Waals surface area contributed by atoms with E-state index in [0.717, 1.165) is 0 Å². The molecule has 0 amide bonds. The van der Waals surface area contributed by atoms with E-state index in [0.29, 0.717) is 11.3 Å². The van der Waals surface area contributed by atoms with Crippen LogP contribution >= 0.6 is 15.9 Å². The van der Waals surface area contributed by atoms with E-state index in [4.69, 9.17) is 9.47 Å². The molecule has 0 saturated heterocycles. The Morgan fingerprint density at radius 3 is 2.64 bits per heavy atom. The Balaban J connectivity index is 1.77. The number of ether oxygens (including phenoxy) is 2. The Hall–Kier alpha value is -2.65. The molecule has 3 rings (SSSR count). The molecule has 1 saturated carbocycles. The number of rotatable bonds is 6. The van der Waals surface area contributed by atoms with Crippen LogP contribution in [0.3, 0.4) is 0 Å². The summed E-state index contributed by atoms with van der Waals surface area (Å²) in [6.45, 7) is 3.95. The minimum atomic E-state index is -1.14. The van der Waals surface area contributed by atoms with Gasteiger partial charge in [-0.3, -0.25) is 4.79 Å². The van der Waals surface area contributed by atoms with E-state index >= 15 is 0 Å². The van der Waals surface area contributed by atoms with Crippen LogP contribution in [-0.4, -0.2) is 5.97 Å². The molecule has 6 heteroatoms. The van der Waals surface area contributed by atoms with Gasteiger partial charge in [-0.15, -0.1) is 0 Å². The maximum Gasteiger partial charge on any atom is 0.311 e. The molecule has 144 valence electrons. The van der Waals surface area contributed by atoms with Crippen LogP contribution < -0.4 is 4.74 Å². The van der Waals surface area contributed by atoms with Gasteiger partial charge >= 0.3 is 5.97 Å². The van der Waals surface area contributed by atoms with Crippen molar-refractivity contribution in [1.29, 1.82) is 5.26 Å². The van der Waals surface area contributed by atoms with Crippen molar-refractivity contribution in [3.05, 3.63) is 71.0 Å². The van der Waals surface area contributed by atoms with Gasteiger partial charge in [0.2, 0.25) is 6.10 Å². The molecule has 0 bridgehead atoms. The Morgan fingerprint density at radius 1 is 1.29 bits per heavy atom. The molecular weight excluding hydrogens is 425 g/mol. The first-order valence-corrected chi connectivity index (χ1v) is 9.69. The van der Waals surface area contributed by atoms with Gasteiger partial charge in [0.25, 0.3) is 0 Å². The Labute approximate surface area is 171 Å². The molecule has 2 aromatic rings. The van der Waals surface area contributed by atoms with Gasteiger partial charge in [-0.1, -0.05) is 60.1 Å². The number of halogens is 2. The lowest BCUT2D eigenvalue weighted by molar-refractivity contribution is -0.149. The third kappa shape index (κ3) is 4.10. The summed E-state index contributed by atoms with van der Waals surface area (Å²) in [7, 11) is 0. The summed E-state index contributed by atoms with van der Waals surface area (Å²) in [5.41, 5.74) is 0.125. The standard InChI is InChI=1S/C22H19BrFNO3/c1-22(2)16(10-11-23)20(22)21(26)28-19(13-25)14-8-9-17(24)18(12-14)27-15-6-4-3-5-7-15/h3-12,16,19-20H,1-2H3/b11-10+/t16?,19-,20?/m0/s1. The van der Waals surface area contributed by atoms with Crippen molar-refractivity contribution in [1.82, 2.24) is 0 Å². The Bertz CT molecular complexity index is 937. The van der Waals surface area contributed by atoms with Crippen molar-refractivity contribution < 1.29 is 18.7 Å². The highest BCUT2D eigenvalue weighted by atomic mass is 79.9. The maximum atomic E-state index is 14.1. The summed E-state index contributed by atoms with van der Waals surface area (Å²) in [5.74, 6) is -0.856. The fraction of sp³-hybridized carbons (Fsp3) is 0.273. The summed E-state index contributed by atoms with van der Waals surface area (Å²) >= 11 is 3.23. The van der Waals surface area contributed by atoms with Gasteiger partial charge in [-0.25, -0.2) is 4.39 Å². The summed E-state index contributed by atoms with van der Waals surface area (Å²) in [6.07, 6.45) is 0.757. The fourth-order valence-corrected chi connectivity index (χ4v) is 3.63. The van der Waals surface area contributed by atoms with Crippen molar-refractivity contribution in [2.24, 2.45) is 17.3 Å². The zero-order valence-corrected chi connectivity index (χ0v) is 17.0. The zero-order valence-electron chi connectivity index (χ0n) is 15.4. The quantitative estimate of drug-likeness (QED) is 0.520. The summed E-state index contributed by atoms with van der Waals surface area (Å²) < 4.78 is 25.1. The highest BCUT2D eigenvalue weighted by Gasteiger charge is 2.61. The molecule has 0 spiro atoms. The Kier molecular flexibility index (Phi) is 5.85. The predicted molar refractivity (Wildman–Crippen MR) is 106 cm³/mol. The van der Waals surface area contributed by atoms with Gasteiger partial charge in [0.1, 0.15) is 11.8 Å². The van der Waals surface area contributed by atoms with E-state index in [1.165, 1.54) is 18.2 Å². The molecule has 1 aliphatic carbocycles. The van der Waals surface area contributed by atoms with Crippen molar-refractivity contribution in [3.8, 4) is 17.6 Å². The number of allylic oxidation sites excluding steroid dienone is 1. The lowest BCUT2D eigenvalue weighted by Gasteiger charge is -2.14. The highest BCUT2D eigenvalue weighted by molar-refractivity contribution is 9.11. The number of carbonyl (C=O) groups excluding carboxylic acids is 1. The van der Waals surface area contributed by atoms with Crippen LogP contribution in [0.2, 0.25) is 0 Å². The van der Waals surface area contributed by atoms with Crippen LogP contribution in [-0.2, 0) is 9.53 Å². The van der Waals surface area contributed by atoms with Crippen molar-refractivity contribution >= 4 is 21.9 Å². The molecule has 0 aliphatic heterocycles. The first kappa shape index (κ1) is 20.1. The number of hydrogen-bond donors (Lipinski definition) is 0. The SMILES string of the molecule is CC1(C)C(/C=C/Br)C1C(=O)O[C@@H](C#N)c1ccc(F)c(Oc2ccccc2)c1. The number of esters is 1. The fourth-order valence-electron chi connectivity index (χ4n) is 3.30. The molecule has 0 heterocycles. The van der Waals surface area contributed by atoms with E-state index in [1.54, 1.807) is 29.3 Å². The molecule has 2 aromatic carbocycles. The molecule has 3 atom stereocenters. The van der Waals surface area contributed by atoms with Crippen molar-refractivity contribution in [2.45, 2.75) is 20.0 Å². The maximum absolute atomic E-state index is 14.1. The number of hydrogen-bond acceptors (Lipinski definition) is 4. The van der Waals surface area contributed by atoms with Crippen LogP contribution in [0.25, 0.3) is 0 Å². The predicted octanol–water partition coefficient (Wildman–Crippen LogP) is 5.91. The molecule has 0 aromatic heterocycles. The Morgan fingerprint density at radius 2 is 2.00 bits per heavy atom. The number of carbonyl (C=O) groups is 1. The number of nitrogens with zero attached hydrogens (tertiary/aromatic N) is 1. The molecule has 0 radical (unpaired) electrons. The first-order chi connectivity index (χ1) is 13.4. The average molecular weight is 444 g/mol. The minimum absolute atomic E-state index is 0.0353. The lowest BCUT2D eigenvalue weighted by Crippen LogP contribution is -2.14. The van der Waals surface area contributed by atoms with E-state index in [2.05, 4.69) is 15.9 Å². The van der Waals surface area contributed by atoms with E-state index < -0.39 is 17.9 Å². The number of para-hydroxylation sites is 1. The number of nitriles is 1. The molecule has 1 fully saturated rings. The third-order valence-electron chi connectivity index (χ3n) is 5.02. The van der Waals surface area contributed by atoms with Crippen LogP contribution in [0.15, 0.2) is 59.6 Å². The van der Waals surface area contributed by atoms with Crippen LogP contribution in [0.1, 0.15) is 25.5 Å². The minimum Gasteiger partial charge on any atom is -0.454 e. The number of benzene rings is 2. The normalized spacial score (nSPS) is 21.0. The smallest absolute Gasteiger partial charge is 0.311 e. The highest BCUT2D eigenvalue weighted by Crippen LogP contribution is 2.59.